The molecule has 1 rings (SSSR count). The minimum absolute atomic E-state index is 0.135. The topological polar surface area (TPSA) is 69.7 Å². The quantitative estimate of drug-likeness (QED) is 0.675. The van der Waals surface area contributed by atoms with Crippen molar-refractivity contribution in [3.05, 3.63) is 0 Å². The van der Waals surface area contributed by atoms with E-state index in [-0.39, 0.29) is 11.0 Å². The fourth-order valence-corrected chi connectivity index (χ4v) is 3.80. The minimum Gasteiger partial charge on any atom is -0.469 e. The van der Waals surface area contributed by atoms with Gasteiger partial charge in [-0.05, 0) is 12.8 Å². The lowest BCUT2D eigenvalue weighted by Gasteiger charge is -2.23. The fourth-order valence-electron chi connectivity index (χ4n) is 1.79. The summed E-state index contributed by atoms with van der Waals surface area (Å²) in [4.78, 5) is 11.2. The van der Waals surface area contributed by atoms with E-state index in [1.54, 1.807) is 6.92 Å². The van der Waals surface area contributed by atoms with E-state index in [1.165, 1.54) is 7.11 Å². The van der Waals surface area contributed by atoms with Gasteiger partial charge in [0.05, 0.1) is 24.0 Å². The van der Waals surface area contributed by atoms with Crippen LogP contribution >= 0.6 is 0 Å². The molecule has 0 radical (unpaired) electrons. The predicted molar refractivity (Wildman–Crippen MR) is 58.8 cm³/mol. The molecule has 0 aromatic heterocycles. The van der Waals surface area contributed by atoms with E-state index >= 15 is 0 Å². The van der Waals surface area contributed by atoms with Gasteiger partial charge in [0.25, 0.3) is 0 Å². The number of rotatable bonds is 4. The van der Waals surface area contributed by atoms with E-state index in [1.807, 2.05) is 0 Å². The maximum absolute atomic E-state index is 12.0. The Hall–Kier alpha value is -0.620. The Balaban J connectivity index is 2.60. The van der Waals surface area contributed by atoms with Crippen LogP contribution in [0.15, 0.2) is 0 Å². The maximum Gasteiger partial charge on any atom is 0.309 e. The van der Waals surface area contributed by atoms with Gasteiger partial charge in [-0.15, -0.1) is 0 Å². The molecule has 1 atom stereocenters. The molecule has 1 saturated heterocycles. The van der Waals surface area contributed by atoms with Crippen LogP contribution in [-0.4, -0.2) is 45.7 Å². The van der Waals surface area contributed by atoms with Crippen LogP contribution in [0, 0.1) is 5.92 Å². The summed E-state index contributed by atoms with van der Waals surface area (Å²) in [6.45, 7) is 2.54. The van der Waals surface area contributed by atoms with Crippen molar-refractivity contribution in [3.8, 4) is 0 Å². The van der Waals surface area contributed by atoms with Gasteiger partial charge in [0.1, 0.15) is 0 Å². The molecule has 1 fully saturated rings. The third-order valence-corrected chi connectivity index (χ3v) is 5.21. The van der Waals surface area contributed by atoms with E-state index < -0.39 is 21.7 Å². The predicted octanol–water partition coefficient (Wildman–Crippen LogP) is 0.389. The van der Waals surface area contributed by atoms with Crippen molar-refractivity contribution in [3.63, 3.8) is 0 Å². The summed E-state index contributed by atoms with van der Waals surface area (Å²) in [6.07, 6.45) is 1.05. The Bertz CT molecular complexity index is 329. The van der Waals surface area contributed by atoms with Crippen molar-refractivity contribution in [2.24, 2.45) is 5.92 Å². The zero-order chi connectivity index (χ0) is 12.2. The van der Waals surface area contributed by atoms with Gasteiger partial charge in [-0.1, -0.05) is 6.92 Å². The first-order valence-electron chi connectivity index (χ1n) is 5.34. The lowest BCUT2D eigenvalue weighted by Crippen LogP contribution is -2.34. The van der Waals surface area contributed by atoms with Gasteiger partial charge in [-0.2, -0.15) is 0 Å². The van der Waals surface area contributed by atoms with Crippen LogP contribution in [-0.2, 0) is 24.1 Å². The molecule has 5 nitrogen and oxygen atoms in total. The Morgan fingerprint density at radius 3 is 2.50 bits per heavy atom. The summed E-state index contributed by atoms with van der Waals surface area (Å²) >= 11 is 0. The van der Waals surface area contributed by atoms with Crippen LogP contribution in [0.1, 0.15) is 19.8 Å². The summed E-state index contributed by atoms with van der Waals surface area (Å²) < 4.78 is 33.5. The highest BCUT2D eigenvalue weighted by atomic mass is 32.2. The molecule has 1 heterocycles. The molecular formula is C10H18O5S. The van der Waals surface area contributed by atoms with Gasteiger partial charge in [0.15, 0.2) is 9.84 Å². The molecule has 1 unspecified atom stereocenters. The first-order chi connectivity index (χ1) is 7.47. The van der Waals surface area contributed by atoms with Gasteiger partial charge in [-0.25, -0.2) is 8.42 Å². The van der Waals surface area contributed by atoms with Crippen LogP contribution in [0.2, 0.25) is 0 Å². The first-order valence-corrected chi connectivity index (χ1v) is 7.06. The SMILES string of the molecule is COC(=O)C(C)CS(=O)(=O)C1CCOCC1. The van der Waals surface area contributed by atoms with E-state index in [2.05, 4.69) is 4.74 Å². The number of esters is 1. The number of carbonyl (C=O) groups excluding carboxylic acids is 1. The van der Waals surface area contributed by atoms with E-state index in [9.17, 15) is 13.2 Å². The van der Waals surface area contributed by atoms with Crippen molar-refractivity contribution in [2.75, 3.05) is 26.1 Å². The number of ether oxygens (including phenoxy) is 2. The minimum atomic E-state index is -3.22. The second-order valence-corrected chi connectivity index (χ2v) is 6.39. The number of hydrogen-bond donors (Lipinski definition) is 0. The Kier molecular flexibility index (Phi) is 4.73. The lowest BCUT2D eigenvalue weighted by atomic mass is 10.2. The van der Waals surface area contributed by atoms with Gasteiger partial charge >= 0.3 is 5.97 Å². The number of sulfone groups is 1. The molecule has 16 heavy (non-hydrogen) atoms. The maximum atomic E-state index is 12.0. The van der Waals surface area contributed by atoms with Gasteiger partial charge in [0, 0.05) is 13.2 Å². The van der Waals surface area contributed by atoms with Crippen LogP contribution < -0.4 is 0 Å². The first kappa shape index (κ1) is 13.4. The molecule has 0 bridgehead atoms. The zero-order valence-electron chi connectivity index (χ0n) is 9.64. The van der Waals surface area contributed by atoms with Crippen molar-refractivity contribution in [1.29, 1.82) is 0 Å². The van der Waals surface area contributed by atoms with Crippen LogP contribution in [0.5, 0.6) is 0 Å². The second-order valence-electron chi connectivity index (χ2n) is 4.07. The Labute approximate surface area is 96.0 Å². The molecule has 0 aromatic rings. The van der Waals surface area contributed by atoms with Gasteiger partial charge in [0.2, 0.25) is 0 Å². The third-order valence-electron chi connectivity index (χ3n) is 2.76. The van der Waals surface area contributed by atoms with Crippen LogP contribution in [0.25, 0.3) is 0 Å². The molecule has 0 aromatic carbocycles. The third kappa shape index (κ3) is 3.45. The number of hydrogen-bond acceptors (Lipinski definition) is 5. The number of methoxy groups -OCH3 is 1. The molecule has 1 aliphatic rings. The molecule has 0 spiro atoms. The molecular weight excluding hydrogens is 232 g/mol. The van der Waals surface area contributed by atoms with Crippen molar-refractivity contribution < 1.29 is 22.7 Å². The normalized spacial score (nSPS) is 20.4. The van der Waals surface area contributed by atoms with Crippen LogP contribution in [0.4, 0.5) is 0 Å². The Morgan fingerprint density at radius 2 is 2.00 bits per heavy atom. The van der Waals surface area contributed by atoms with Crippen molar-refractivity contribution >= 4 is 15.8 Å². The van der Waals surface area contributed by atoms with E-state index in [0.29, 0.717) is 26.1 Å². The number of carbonyl (C=O) groups is 1. The standard InChI is InChI=1S/C10H18O5S/c1-8(10(11)14-2)7-16(12,13)9-3-5-15-6-4-9/h8-9H,3-7H2,1-2H3. The summed E-state index contributed by atoms with van der Waals surface area (Å²) in [5, 5.41) is -0.367. The van der Waals surface area contributed by atoms with Crippen LogP contribution in [0.3, 0.4) is 0 Å². The smallest absolute Gasteiger partial charge is 0.309 e. The van der Waals surface area contributed by atoms with Crippen molar-refractivity contribution in [2.45, 2.75) is 25.0 Å². The molecule has 0 amide bonds. The lowest BCUT2D eigenvalue weighted by molar-refractivity contribution is -0.144. The van der Waals surface area contributed by atoms with Gasteiger partial charge < -0.3 is 9.47 Å². The molecule has 6 heteroatoms. The molecule has 0 saturated carbocycles. The monoisotopic (exact) mass is 250 g/mol. The second kappa shape index (κ2) is 5.63. The highest BCUT2D eigenvalue weighted by molar-refractivity contribution is 7.92. The highest BCUT2D eigenvalue weighted by Gasteiger charge is 2.31. The Morgan fingerprint density at radius 1 is 1.44 bits per heavy atom. The average molecular weight is 250 g/mol. The van der Waals surface area contributed by atoms with E-state index in [4.69, 9.17) is 4.74 Å². The summed E-state index contributed by atoms with van der Waals surface area (Å²) in [5.74, 6) is -1.21. The largest absolute Gasteiger partial charge is 0.469 e. The van der Waals surface area contributed by atoms with Gasteiger partial charge in [-0.3, -0.25) is 4.79 Å². The van der Waals surface area contributed by atoms with Crippen molar-refractivity contribution in [1.82, 2.24) is 0 Å². The molecule has 94 valence electrons. The molecule has 0 N–H and O–H groups in total. The fraction of sp³-hybridized carbons (Fsp3) is 0.900. The summed E-state index contributed by atoms with van der Waals surface area (Å²) in [7, 11) is -1.95. The van der Waals surface area contributed by atoms with E-state index in [0.717, 1.165) is 0 Å². The molecule has 0 aliphatic carbocycles. The summed E-state index contributed by atoms with van der Waals surface area (Å²) in [6, 6.07) is 0. The zero-order valence-corrected chi connectivity index (χ0v) is 10.5. The average Bonchev–Trinajstić information content (AvgIpc) is 2.28. The highest BCUT2D eigenvalue weighted by Crippen LogP contribution is 2.18. The summed E-state index contributed by atoms with van der Waals surface area (Å²) in [5.41, 5.74) is 0. The molecule has 1 aliphatic heterocycles.